The van der Waals surface area contributed by atoms with Crippen molar-refractivity contribution in [2.45, 2.75) is 94.7 Å². The van der Waals surface area contributed by atoms with E-state index in [9.17, 15) is 14.4 Å². The average molecular weight is 468 g/mol. The van der Waals surface area contributed by atoms with Crippen LogP contribution in [0.4, 0.5) is 0 Å². The molecule has 0 saturated carbocycles. The maximum absolute atomic E-state index is 13.8. The molecular formula is C24H41N3O4S. The van der Waals surface area contributed by atoms with Gasteiger partial charge < -0.3 is 20.6 Å². The fraction of sp³-hybridized carbons (Fsp3) is 0.875. The van der Waals surface area contributed by atoms with Crippen molar-refractivity contribution < 1.29 is 19.5 Å². The molecule has 3 aliphatic heterocycles. The highest BCUT2D eigenvalue weighted by Crippen LogP contribution is 2.68. The molecule has 3 N–H and O–H groups in total. The Balaban J connectivity index is 1.91. The number of rotatable bonds is 10. The molecule has 0 aromatic carbocycles. The number of fused-ring (bicyclic) bond motifs is 1. The third-order valence-electron chi connectivity index (χ3n) is 7.15. The van der Waals surface area contributed by atoms with Crippen molar-refractivity contribution >= 4 is 29.5 Å². The van der Waals surface area contributed by atoms with E-state index in [-0.39, 0.29) is 41.4 Å². The maximum Gasteiger partial charge on any atom is 0.244 e. The molecule has 0 aromatic heterocycles. The Morgan fingerprint density at radius 3 is 2.50 bits per heavy atom. The zero-order valence-electron chi connectivity index (χ0n) is 20.3. The monoisotopic (exact) mass is 467 g/mol. The molecule has 1 spiro atoms. The summed E-state index contributed by atoms with van der Waals surface area (Å²) < 4.78 is -0.545. The first kappa shape index (κ1) is 25.3. The van der Waals surface area contributed by atoms with Gasteiger partial charge in [0, 0.05) is 30.5 Å². The lowest BCUT2D eigenvalue weighted by Crippen LogP contribution is -2.59. The minimum Gasteiger partial charge on any atom is -0.396 e. The summed E-state index contributed by atoms with van der Waals surface area (Å²) in [4.78, 5) is 42.3. The third-order valence-corrected chi connectivity index (χ3v) is 9.23. The Hall–Kier alpha value is -1.28. The van der Waals surface area contributed by atoms with E-state index in [0.717, 1.165) is 38.5 Å². The molecule has 3 rings (SSSR count). The minimum atomic E-state index is -0.550. The van der Waals surface area contributed by atoms with Crippen molar-refractivity contribution in [3.63, 3.8) is 0 Å². The van der Waals surface area contributed by atoms with E-state index in [1.807, 2.05) is 27.7 Å². The van der Waals surface area contributed by atoms with Crippen LogP contribution in [-0.2, 0) is 14.4 Å². The Morgan fingerprint density at radius 2 is 1.88 bits per heavy atom. The van der Waals surface area contributed by atoms with E-state index in [0.29, 0.717) is 13.1 Å². The van der Waals surface area contributed by atoms with Crippen molar-refractivity contribution in [2.75, 3.05) is 19.7 Å². The second kappa shape index (κ2) is 9.92. The highest BCUT2D eigenvalue weighted by atomic mass is 32.2. The van der Waals surface area contributed by atoms with Crippen LogP contribution in [0.2, 0.25) is 0 Å². The van der Waals surface area contributed by atoms with Gasteiger partial charge in [0.05, 0.1) is 16.6 Å². The fourth-order valence-electron chi connectivity index (χ4n) is 5.91. The molecule has 6 atom stereocenters. The molecule has 0 aliphatic carbocycles. The van der Waals surface area contributed by atoms with Crippen LogP contribution >= 0.6 is 11.8 Å². The van der Waals surface area contributed by atoms with E-state index in [1.165, 1.54) is 0 Å². The molecule has 32 heavy (non-hydrogen) atoms. The van der Waals surface area contributed by atoms with E-state index < -0.39 is 22.2 Å². The summed E-state index contributed by atoms with van der Waals surface area (Å²) >= 11 is 1.73. The van der Waals surface area contributed by atoms with E-state index in [2.05, 4.69) is 17.6 Å². The lowest BCUT2D eigenvalue weighted by atomic mass is 9.65. The van der Waals surface area contributed by atoms with Gasteiger partial charge in [-0.25, -0.2) is 0 Å². The van der Waals surface area contributed by atoms with Crippen molar-refractivity contribution in [1.29, 1.82) is 0 Å². The summed E-state index contributed by atoms with van der Waals surface area (Å²) in [5, 5.41) is 15.3. The summed E-state index contributed by atoms with van der Waals surface area (Å²) in [5.41, 5.74) is -0.399. The molecule has 3 saturated heterocycles. The molecule has 7 nitrogen and oxygen atoms in total. The number of aliphatic hydroxyl groups excluding tert-OH is 1. The van der Waals surface area contributed by atoms with Gasteiger partial charge in [0.15, 0.2) is 0 Å². The van der Waals surface area contributed by atoms with Crippen LogP contribution in [0.1, 0.15) is 73.1 Å². The second-order valence-electron chi connectivity index (χ2n) is 10.8. The number of unbranched alkanes of at least 4 members (excludes halogenated alkanes) is 3. The summed E-state index contributed by atoms with van der Waals surface area (Å²) in [6.45, 7) is 11.3. The lowest BCUT2D eigenvalue weighted by molar-refractivity contribution is -0.140. The highest BCUT2D eigenvalue weighted by Gasteiger charge is 2.75. The van der Waals surface area contributed by atoms with Gasteiger partial charge in [0.1, 0.15) is 6.04 Å². The predicted molar refractivity (Wildman–Crippen MR) is 127 cm³/mol. The number of aliphatic hydroxyl groups is 1. The molecule has 3 amide bonds. The number of hydrogen-bond donors (Lipinski definition) is 3. The van der Waals surface area contributed by atoms with Gasteiger partial charge in [-0.3, -0.25) is 14.4 Å². The van der Waals surface area contributed by atoms with Gasteiger partial charge in [0.2, 0.25) is 17.7 Å². The SMILES string of the molecule is CCCNC(=O)[C@@H]1[C@@H]2CC(C)C3(S2)C(C(=O)NC(C)(C)C)N(CCCCCCO)C(=O)[C@H]13. The van der Waals surface area contributed by atoms with E-state index in [1.54, 1.807) is 16.7 Å². The topological polar surface area (TPSA) is 98.7 Å². The van der Waals surface area contributed by atoms with Crippen LogP contribution in [0.5, 0.6) is 0 Å². The Morgan fingerprint density at radius 1 is 1.19 bits per heavy atom. The highest BCUT2D eigenvalue weighted by molar-refractivity contribution is 8.02. The van der Waals surface area contributed by atoms with Crippen molar-refractivity contribution in [3.8, 4) is 0 Å². The van der Waals surface area contributed by atoms with Crippen LogP contribution in [-0.4, -0.2) is 69.0 Å². The second-order valence-corrected chi connectivity index (χ2v) is 12.3. The number of hydrogen-bond acceptors (Lipinski definition) is 5. The predicted octanol–water partition coefficient (Wildman–Crippen LogP) is 2.32. The van der Waals surface area contributed by atoms with Gasteiger partial charge in [-0.15, -0.1) is 11.8 Å². The molecule has 3 heterocycles. The van der Waals surface area contributed by atoms with Crippen LogP contribution < -0.4 is 10.6 Å². The fourth-order valence-corrected chi connectivity index (χ4v) is 8.33. The van der Waals surface area contributed by atoms with Crippen LogP contribution in [0.25, 0.3) is 0 Å². The summed E-state index contributed by atoms with van der Waals surface area (Å²) in [7, 11) is 0. The summed E-state index contributed by atoms with van der Waals surface area (Å²) in [6.07, 6.45) is 5.07. The first-order valence-electron chi connectivity index (χ1n) is 12.3. The molecule has 8 heteroatoms. The van der Waals surface area contributed by atoms with Gasteiger partial charge in [-0.1, -0.05) is 26.7 Å². The molecule has 3 fully saturated rings. The van der Waals surface area contributed by atoms with Crippen LogP contribution in [0.3, 0.4) is 0 Å². The largest absolute Gasteiger partial charge is 0.396 e. The van der Waals surface area contributed by atoms with Crippen LogP contribution in [0.15, 0.2) is 0 Å². The van der Waals surface area contributed by atoms with Crippen molar-refractivity contribution in [2.24, 2.45) is 17.8 Å². The number of likely N-dealkylation sites (tertiary alicyclic amines) is 1. The summed E-state index contributed by atoms with van der Waals surface area (Å²) in [6, 6.07) is -0.550. The van der Waals surface area contributed by atoms with Crippen molar-refractivity contribution in [3.05, 3.63) is 0 Å². The van der Waals surface area contributed by atoms with E-state index >= 15 is 0 Å². The van der Waals surface area contributed by atoms with Gasteiger partial charge in [-0.05, 0) is 52.4 Å². The Labute approximate surface area is 196 Å². The van der Waals surface area contributed by atoms with Gasteiger partial charge in [0.25, 0.3) is 0 Å². The quantitative estimate of drug-likeness (QED) is 0.428. The first-order chi connectivity index (χ1) is 15.1. The number of carbonyl (C=O) groups excluding carboxylic acids is 3. The molecule has 3 aliphatic rings. The van der Waals surface area contributed by atoms with Crippen molar-refractivity contribution in [1.82, 2.24) is 15.5 Å². The Bertz CT molecular complexity index is 725. The maximum atomic E-state index is 13.8. The standard InChI is InChI=1S/C24H41N3O4S/c1-6-11-25-20(29)17-16-14-15(2)24(32-16)18(17)22(31)27(12-9-7-8-10-13-28)19(24)21(30)26-23(3,4)5/h15-19,28H,6-14H2,1-5H3,(H,25,29)(H,26,30)/t15?,16-,17+,18-,19?,24?/m0/s1. The average Bonchev–Trinajstić information content (AvgIpc) is 3.28. The molecule has 2 bridgehead atoms. The number of nitrogens with one attached hydrogen (secondary N) is 2. The Kier molecular flexibility index (Phi) is 7.85. The van der Waals surface area contributed by atoms with Gasteiger partial charge in [-0.2, -0.15) is 0 Å². The molecular weight excluding hydrogens is 426 g/mol. The molecule has 0 radical (unpaired) electrons. The lowest BCUT2D eigenvalue weighted by Gasteiger charge is -2.39. The zero-order valence-corrected chi connectivity index (χ0v) is 21.1. The number of carbonyl (C=O) groups is 3. The molecule has 182 valence electrons. The third kappa shape index (κ3) is 4.54. The van der Waals surface area contributed by atoms with E-state index in [4.69, 9.17) is 5.11 Å². The first-order valence-corrected chi connectivity index (χ1v) is 13.1. The minimum absolute atomic E-state index is 0.0283. The zero-order chi connectivity index (χ0) is 23.7. The normalized spacial score (nSPS) is 33.5. The molecule has 3 unspecified atom stereocenters. The number of amides is 3. The van der Waals surface area contributed by atoms with Crippen LogP contribution in [0, 0.1) is 17.8 Å². The number of thioether (sulfide) groups is 1. The molecule has 0 aromatic rings. The summed E-state index contributed by atoms with van der Waals surface area (Å²) in [5.74, 6) is -0.767. The smallest absolute Gasteiger partial charge is 0.244 e. The van der Waals surface area contributed by atoms with Gasteiger partial charge >= 0.3 is 0 Å². The number of nitrogens with zero attached hydrogens (tertiary/aromatic N) is 1.